The van der Waals surface area contributed by atoms with Gasteiger partial charge in [-0.25, -0.2) is 13.2 Å². The molecule has 0 saturated carbocycles. The lowest BCUT2D eigenvalue weighted by atomic mass is 10.1. The zero-order valence-corrected chi connectivity index (χ0v) is 12.5. The van der Waals surface area contributed by atoms with Crippen molar-refractivity contribution in [3.8, 4) is 0 Å². The van der Waals surface area contributed by atoms with Gasteiger partial charge in [-0.05, 0) is 6.07 Å². The summed E-state index contributed by atoms with van der Waals surface area (Å²) < 4.78 is 22.6. The second-order valence-corrected chi connectivity index (χ2v) is 7.03. The van der Waals surface area contributed by atoms with Gasteiger partial charge in [-0.1, -0.05) is 18.2 Å². The fraction of sp³-hybridized carbons (Fsp3) is 0.308. The molecule has 2 rings (SSSR count). The maximum atomic E-state index is 11.3. The van der Waals surface area contributed by atoms with Gasteiger partial charge in [0.2, 0.25) is 0 Å². The molecule has 1 aromatic heterocycles. The van der Waals surface area contributed by atoms with Crippen LogP contribution in [0.3, 0.4) is 0 Å². The summed E-state index contributed by atoms with van der Waals surface area (Å²) in [4.78, 5) is 12.9. The molecule has 21 heavy (non-hydrogen) atoms. The number of benzene rings is 1. The van der Waals surface area contributed by atoms with Crippen molar-refractivity contribution in [2.24, 2.45) is 0 Å². The average molecular weight is 309 g/mol. The Morgan fingerprint density at radius 3 is 2.57 bits per heavy atom. The number of hydrogen-bond donors (Lipinski definition) is 1. The lowest BCUT2D eigenvalue weighted by Crippen LogP contribution is -2.27. The van der Waals surface area contributed by atoms with Crippen LogP contribution in [0, 0.1) is 0 Å². The quantitative estimate of drug-likeness (QED) is 0.872. The highest BCUT2D eigenvalue weighted by Crippen LogP contribution is 2.27. The van der Waals surface area contributed by atoms with E-state index in [4.69, 9.17) is 0 Å². The van der Waals surface area contributed by atoms with Crippen molar-refractivity contribution < 1.29 is 18.3 Å². The van der Waals surface area contributed by atoms with Crippen LogP contribution in [0.25, 0.3) is 10.9 Å². The summed E-state index contributed by atoms with van der Waals surface area (Å²) in [5, 5.41) is 17.5. The zero-order chi connectivity index (χ0) is 15.6. The smallest absolute Gasteiger partial charge is 0.358 e. The molecule has 0 aliphatic carbocycles. The lowest BCUT2D eigenvalue weighted by molar-refractivity contribution is 0.0690. The van der Waals surface area contributed by atoms with Gasteiger partial charge in [0.15, 0.2) is 5.69 Å². The normalized spacial score (nSPS) is 11.5. The van der Waals surface area contributed by atoms with E-state index in [-0.39, 0.29) is 18.0 Å². The molecule has 0 fully saturated rings. The molecule has 112 valence electrons. The van der Waals surface area contributed by atoms with E-state index in [0.29, 0.717) is 16.6 Å². The molecule has 1 aromatic carbocycles. The molecule has 0 atom stereocenters. The number of fused-ring (bicyclic) bond motifs is 1. The molecule has 8 heteroatoms. The third-order valence-electron chi connectivity index (χ3n) is 3.02. The molecule has 0 radical (unpaired) electrons. The Bertz CT molecular complexity index is 789. The van der Waals surface area contributed by atoms with Crippen LogP contribution in [0.15, 0.2) is 24.3 Å². The van der Waals surface area contributed by atoms with Gasteiger partial charge < -0.3 is 10.0 Å². The first-order valence-corrected chi connectivity index (χ1v) is 8.23. The summed E-state index contributed by atoms with van der Waals surface area (Å²) in [7, 11) is -1.50. The van der Waals surface area contributed by atoms with Crippen LogP contribution in [0.5, 0.6) is 0 Å². The van der Waals surface area contributed by atoms with Crippen molar-refractivity contribution in [2.45, 2.75) is 0 Å². The minimum Gasteiger partial charge on any atom is -0.476 e. The number of sulfone groups is 1. The van der Waals surface area contributed by atoms with Crippen LogP contribution in [0.2, 0.25) is 0 Å². The van der Waals surface area contributed by atoms with Crippen LogP contribution >= 0.6 is 0 Å². The van der Waals surface area contributed by atoms with E-state index in [1.807, 2.05) is 0 Å². The number of nitrogens with zero attached hydrogens (tertiary/aromatic N) is 3. The monoisotopic (exact) mass is 309 g/mol. The van der Waals surface area contributed by atoms with Gasteiger partial charge in [0, 0.05) is 25.2 Å². The van der Waals surface area contributed by atoms with Gasteiger partial charge in [0.05, 0.1) is 17.0 Å². The number of rotatable bonds is 5. The summed E-state index contributed by atoms with van der Waals surface area (Å²) in [6, 6.07) is 7.01. The molecule has 0 saturated heterocycles. The maximum Gasteiger partial charge on any atom is 0.358 e. The molecule has 0 spiro atoms. The second-order valence-electron chi connectivity index (χ2n) is 4.77. The molecule has 1 heterocycles. The van der Waals surface area contributed by atoms with Gasteiger partial charge in [0.1, 0.15) is 9.84 Å². The third-order valence-corrected chi connectivity index (χ3v) is 3.95. The number of aromatic nitrogens is 2. The fourth-order valence-corrected chi connectivity index (χ4v) is 2.59. The average Bonchev–Trinajstić information content (AvgIpc) is 2.42. The molecule has 7 nitrogen and oxygen atoms in total. The van der Waals surface area contributed by atoms with Crippen LogP contribution in [-0.2, 0) is 9.84 Å². The van der Waals surface area contributed by atoms with Gasteiger partial charge in [-0.15, -0.1) is 10.2 Å². The molecule has 0 aliphatic rings. The molecular formula is C13H15N3O4S. The van der Waals surface area contributed by atoms with Crippen molar-refractivity contribution in [3.63, 3.8) is 0 Å². The minimum absolute atomic E-state index is 0.0702. The predicted octanol–water partition coefficient (Wildman–Crippen LogP) is 0.809. The topological polar surface area (TPSA) is 100 Å². The number of hydrogen-bond acceptors (Lipinski definition) is 6. The zero-order valence-electron chi connectivity index (χ0n) is 11.6. The lowest BCUT2D eigenvalue weighted by Gasteiger charge is -2.21. The first kappa shape index (κ1) is 15.2. The number of carboxylic acids is 1. The summed E-state index contributed by atoms with van der Waals surface area (Å²) >= 11 is 0. The molecule has 0 bridgehead atoms. The van der Waals surface area contributed by atoms with Crippen LogP contribution in [0.4, 0.5) is 5.69 Å². The van der Waals surface area contributed by atoms with Gasteiger partial charge in [-0.2, -0.15) is 0 Å². The van der Waals surface area contributed by atoms with E-state index < -0.39 is 15.8 Å². The van der Waals surface area contributed by atoms with Gasteiger partial charge in [-0.3, -0.25) is 0 Å². The van der Waals surface area contributed by atoms with E-state index >= 15 is 0 Å². The van der Waals surface area contributed by atoms with Crippen molar-refractivity contribution in [2.75, 3.05) is 30.5 Å². The Balaban J connectivity index is 2.53. The first-order chi connectivity index (χ1) is 9.79. The molecule has 2 aromatic rings. The summed E-state index contributed by atoms with van der Waals surface area (Å²) in [6.45, 7) is 0.175. The fourth-order valence-electron chi connectivity index (χ4n) is 1.98. The van der Waals surface area contributed by atoms with Crippen molar-refractivity contribution in [3.05, 3.63) is 30.0 Å². The number of carboxylic acid groups (broad SMARTS) is 1. The van der Waals surface area contributed by atoms with E-state index in [1.165, 1.54) is 0 Å². The van der Waals surface area contributed by atoms with E-state index in [1.54, 1.807) is 36.2 Å². The molecular weight excluding hydrogens is 294 g/mol. The number of aromatic carboxylic acids is 1. The number of anilines is 1. The van der Waals surface area contributed by atoms with Crippen LogP contribution in [0.1, 0.15) is 10.5 Å². The van der Waals surface area contributed by atoms with Crippen molar-refractivity contribution in [1.29, 1.82) is 0 Å². The maximum absolute atomic E-state index is 11.3. The highest BCUT2D eigenvalue weighted by molar-refractivity contribution is 7.90. The van der Waals surface area contributed by atoms with Crippen molar-refractivity contribution in [1.82, 2.24) is 10.2 Å². The summed E-state index contributed by atoms with van der Waals surface area (Å²) in [5.74, 6) is -1.27. The molecule has 0 amide bonds. The predicted molar refractivity (Wildman–Crippen MR) is 79.5 cm³/mol. The highest BCUT2D eigenvalue weighted by atomic mass is 32.2. The molecule has 0 unspecified atom stereocenters. The highest BCUT2D eigenvalue weighted by Gasteiger charge is 2.20. The molecule has 1 N–H and O–H groups in total. The van der Waals surface area contributed by atoms with Crippen LogP contribution < -0.4 is 4.90 Å². The Labute approximate surface area is 122 Å². The van der Waals surface area contributed by atoms with E-state index in [9.17, 15) is 18.3 Å². The van der Waals surface area contributed by atoms with Crippen LogP contribution in [-0.4, -0.2) is 55.3 Å². The summed E-state index contributed by atoms with van der Waals surface area (Å²) in [6.07, 6.45) is 1.14. The summed E-state index contributed by atoms with van der Waals surface area (Å²) in [5.41, 5.74) is 0.741. The Hall–Kier alpha value is -2.22. The largest absolute Gasteiger partial charge is 0.476 e. The van der Waals surface area contributed by atoms with Crippen molar-refractivity contribution >= 4 is 32.4 Å². The SMILES string of the molecule is CN(CCS(C)(=O)=O)c1c(C(=O)O)nnc2ccccc12. The van der Waals surface area contributed by atoms with Gasteiger partial charge in [0.25, 0.3) is 0 Å². The second kappa shape index (κ2) is 5.65. The van der Waals surface area contributed by atoms with E-state index in [0.717, 1.165) is 6.26 Å². The standard InChI is InChI=1S/C13H15N3O4S/c1-16(7-8-21(2,19)20)12-9-5-3-4-6-10(9)14-15-11(12)13(17)18/h3-6H,7-8H2,1-2H3,(H,17,18). The number of carbonyl (C=O) groups is 1. The minimum atomic E-state index is -3.14. The Morgan fingerprint density at radius 1 is 1.29 bits per heavy atom. The Kier molecular flexibility index (Phi) is 4.08. The van der Waals surface area contributed by atoms with E-state index in [2.05, 4.69) is 10.2 Å². The third kappa shape index (κ3) is 3.46. The first-order valence-electron chi connectivity index (χ1n) is 6.17. The molecule has 0 aliphatic heterocycles. The van der Waals surface area contributed by atoms with Gasteiger partial charge >= 0.3 is 5.97 Å². The Morgan fingerprint density at radius 2 is 1.95 bits per heavy atom.